The molecule has 2 aromatic carbocycles. The number of carbonyl (C=O) groups excluding carboxylic acids is 1. The third kappa shape index (κ3) is 2.65. The molecule has 0 aliphatic rings. The van der Waals surface area contributed by atoms with Crippen LogP contribution in [0.1, 0.15) is 15.9 Å². The van der Waals surface area contributed by atoms with Crippen LogP contribution in [0.5, 0.6) is 0 Å². The molecule has 24 heavy (non-hydrogen) atoms. The molecule has 4 rings (SSSR count). The number of rotatable bonds is 4. The Balaban J connectivity index is 1.47. The van der Waals surface area contributed by atoms with Crippen molar-refractivity contribution < 1.29 is 4.79 Å². The zero-order valence-electron chi connectivity index (χ0n) is 12.9. The molecule has 0 bridgehead atoms. The third-order valence-corrected chi connectivity index (χ3v) is 4.48. The van der Waals surface area contributed by atoms with Gasteiger partial charge >= 0.3 is 0 Å². The van der Waals surface area contributed by atoms with E-state index in [1.54, 1.807) is 12.3 Å². The molecular formula is C19H16ClN3O. The van der Waals surface area contributed by atoms with Gasteiger partial charge in [0.25, 0.3) is 5.91 Å². The SMILES string of the molecule is O=C(NCCc1c[nH]c2ccccc12)c1c[nH]c2ccc(Cl)cc12. The lowest BCUT2D eigenvalue weighted by Crippen LogP contribution is -2.25. The lowest BCUT2D eigenvalue weighted by atomic mass is 10.1. The monoisotopic (exact) mass is 337 g/mol. The van der Waals surface area contributed by atoms with Crippen molar-refractivity contribution in [1.29, 1.82) is 0 Å². The molecule has 5 heteroatoms. The van der Waals surface area contributed by atoms with E-state index >= 15 is 0 Å². The second-order valence-electron chi connectivity index (χ2n) is 5.76. The summed E-state index contributed by atoms with van der Waals surface area (Å²) in [6.45, 7) is 0.577. The van der Waals surface area contributed by atoms with Crippen LogP contribution in [0.15, 0.2) is 54.9 Å². The van der Waals surface area contributed by atoms with Crippen LogP contribution >= 0.6 is 11.6 Å². The molecule has 0 spiro atoms. The van der Waals surface area contributed by atoms with Crippen molar-refractivity contribution in [3.63, 3.8) is 0 Å². The minimum absolute atomic E-state index is 0.0941. The molecule has 3 N–H and O–H groups in total. The van der Waals surface area contributed by atoms with E-state index < -0.39 is 0 Å². The quantitative estimate of drug-likeness (QED) is 0.511. The highest BCUT2D eigenvalue weighted by Gasteiger charge is 2.12. The summed E-state index contributed by atoms with van der Waals surface area (Å²) in [5, 5.41) is 5.64. The average Bonchev–Trinajstić information content (AvgIpc) is 3.19. The summed E-state index contributed by atoms with van der Waals surface area (Å²) in [4.78, 5) is 18.8. The summed E-state index contributed by atoms with van der Waals surface area (Å²) in [5.41, 5.74) is 3.84. The Bertz CT molecular complexity index is 1030. The van der Waals surface area contributed by atoms with Crippen LogP contribution in [-0.2, 0) is 6.42 Å². The van der Waals surface area contributed by atoms with Gasteiger partial charge in [-0.1, -0.05) is 29.8 Å². The van der Waals surface area contributed by atoms with Crippen LogP contribution in [-0.4, -0.2) is 22.4 Å². The predicted molar refractivity (Wildman–Crippen MR) is 97.6 cm³/mol. The Kier molecular flexibility index (Phi) is 3.75. The predicted octanol–water partition coefficient (Wildman–Crippen LogP) is 4.28. The highest BCUT2D eigenvalue weighted by atomic mass is 35.5. The van der Waals surface area contributed by atoms with E-state index in [2.05, 4.69) is 21.4 Å². The number of hydrogen-bond acceptors (Lipinski definition) is 1. The zero-order valence-corrected chi connectivity index (χ0v) is 13.7. The maximum Gasteiger partial charge on any atom is 0.253 e. The van der Waals surface area contributed by atoms with Gasteiger partial charge in [0.15, 0.2) is 0 Å². The highest BCUT2D eigenvalue weighted by Crippen LogP contribution is 2.22. The Morgan fingerprint density at radius 2 is 1.79 bits per heavy atom. The zero-order chi connectivity index (χ0) is 16.5. The third-order valence-electron chi connectivity index (χ3n) is 4.24. The van der Waals surface area contributed by atoms with Gasteiger partial charge < -0.3 is 15.3 Å². The van der Waals surface area contributed by atoms with Gasteiger partial charge in [-0.3, -0.25) is 4.79 Å². The van der Waals surface area contributed by atoms with Gasteiger partial charge in [0.2, 0.25) is 0 Å². The fourth-order valence-electron chi connectivity index (χ4n) is 3.03. The van der Waals surface area contributed by atoms with Crippen molar-refractivity contribution in [2.75, 3.05) is 6.54 Å². The van der Waals surface area contributed by atoms with Gasteiger partial charge in [0.05, 0.1) is 5.56 Å². The first-order valence-electron chi connectivity index (χ1n) is 7.82. The summed E-state index contributed by atoms with van der Waals surface area (Å²) in [5.74, 6) is -0.0941. The molecule has 0 aliphatic carbocycles. The Labute approximate surface area is 143 Å². The molecule has 0 atom stereocenters. The molecular weight excluding hydrogens is 322 g/mol. The fraction of sp³-hybridized carbons (Fsp3) is 0.105. The number of aromatic nitrogens is 2. The molecule has 2 heterocycles. The van der Waals surface area contributed by atoms with E-state index in [1.165, 1.54) is 10.9 Å². The normalized spacial score (nSPS) is 11.2. The van der Waals surface area contributed by atoms with Crippen LogP contribution in [0.3, 0.4) is 0 Å². The van der Waals surface area contributed by atoms with E-state index in [0.29, 0.717) is 17.1 Å². The lowest BCUT2D eigenvalue weighted by molar-refractivity contribution is 0.0956. The maximum absolute atomic E-state index is 12.4. The minimum Gasteiger partial charge on any atom is -0.361 e. The summed E-state index contributed by atoms with van der Waals surface area (Å²) in [6, 6.07) is 13.7. The molecule has 1 amide bonds. The smallest absolute Gasteiger partial charge is 0.253 e. The topological polar surface area (TPSA) is 60.7 Å². The first-order valence-corrected chi connectivity index (χ1v) is 8.20. The van der Waals surface area contributed by atoms with Gasteiger partial charge in [0, 0.05) is 45.8 Å². The van der Waals surface area contributed by atoms with Crippen LogP contribution < -0.4 is 5.32 Å². The summed E-state index contributed by atoms with van der Waals surface area (Å²) >= 11 is 6.03. The van der Waals surface area contributed by atoms with Crippen molar-refractivity contribution in [1.82, 2.24) is 15.3 Å². The van der Waals surface area contributed by atoms with Crippen molar-refractivity contribution in [2.45, 2.75) is 6.42 Å². The van der Waals surface area contributed by atoms with Gasteiger partial charge in [-0.25, -0.2) is 0 Å². The number of benzene rings is 2. The molecule has 0 saturated heterocycles. The van der Waals surface area contributed by atoms with E-state index in [0.717, 1.165) is 22.8 Å². The van der Waals surface area contributed by atoms with Crippen molar-refractivity contribution in [2.24, 2.45) is 0 Å². The van der Waals surface area contributed by atoms with Crippen LogP contribution in [0.2, 0.25) is 5.02 Å². The van der Waals surface area contributed by atoms with E-state index in [4.69, 9.17) is 11.6 Å². The maximum atomic E-state index is 12.4. The van der Waals surface area contributed by atoms with Crippen LogP contribution in [0.25, 0.3) is 21.8 Å². The number of fused-ring (bicyclic) bond motifs is 2. The molecule has 0 radical (unpaired) electrons. The first kappa shape index (κ1) is 14.8. The molecule has 4 aromatic rings. The molecule has 0 saturated carbocycles. The molecule has 0 fully saturated rings. The van der Waals surface area contributed by atoms with Gasteiger partial charge in [0.1, 0.15) is 0 Å². The van der Waals surface area contributed by atoms with E-state index in [1.807, 2.05) is 36.5 Å². The Morgan fingerprint density at radius 3 is 2.71 bits per heavy atom. The summed E-state index contributed by atoms with van der Waals surface area (Å²) < 4.78 is 0. The average molecular weight is 338 g/mol. The number of aromatic amines is 2. The van der Waals surface area contributed by atoms with Gasteiger partial charge in [-0.2, -0.15) is 0 Å². The van der Waals surface area contributed by atoms with E-state index in [-0.39, 0.29) is 5.91 Å². The highest BCUT2D eigenvalue weighted by molar-refractivity contribution is 6.31. The Morgan fingerprint density at radius 1 is 1.00 bits per heavy atom. The lowest BCUT2D eigenvalue weighted by Gasteiger charge is -2.04. The number of nitrogens with one attached hydrogen (secondary N) is 3. The van der Waals surface area contributed by atoms with E-state index in [9.17, 15) is 4.79 Å². The van der Waals surface area contributed by atoms with Crippen molar-refractivity contribution >= 4 is 39.3 Å². The fourth-order valence-corrected chi connectivity index (χ4v) is 3.20. The molecule has 120 valence electrons. The largest absolute Gasteiger partial charge is 0.361 e. The first-order chi connectivity index (χ1) is 11.7. The molecule has 2 aromatic heterocycles. The van der Waals surface area contributed by atoms with Crippen molar-refractivity contribution in [3.05, 3.63) is 71.0 Å². The number of halogens is 1. The number of hydrogen-bond donors (Lipinski definition) is 3. The number of para-hydroxylation sites is 1. The van der Waals surface area contributed by atoms with Crippen LogP contribution in [0, 0.1) is 0 Å². The number of H-pyrrole nitrogens is 2. The summed E-state index contributed by atoms with van der Waals surface area (Å²) in [6.07, 6.45) is 4.50. The van der Waals surface area contributed by atoms with Crippen LogP contribution in [0.4, 0.5) is 0 Å². The van der Waals surface area contributed by atoms with Crippen molar-refractivity contribution in [3.8, 4) is 0 Å². The minimum atomic E-state index is -0.0941. The van der Waals surface area contributed by atoms with Gasteiger partial charge in [-0.05, 0) is 36.2 Å². The number of amides is 1. The Hall–Kier alpha value is -2.72. The van der Waals surface area contributed by atoms with Gasteiger partial charge in [-0.15, -0.1) is 0 Å². The molecule has 0 unspecified atom stereocenters. The summed E-state index contributed by atoms with van der Waals surface area (Å²) in [7, 11) is 0. The standard InChI is InChI=1S/C19H16ClN3O/c20-13-5-6-18-15(9-13)16(11-23-18)19(24)21-8-7-12-10-22-17-4-2-1-3-14(12)17/h1-6,9-11,22-23H,7-8H2,(H,21,24). The second kappa shape index (κ2) is 6.06. The molecule has 4 nitrogen and oxygen atoms in total. The number of carbonyl (C=O) groups is 1. The second-order valence-corrected chi connectivity index (χ2v) is 6.19. The molecule has 0 aliphatic heterocycles.